The number of anilines is 1. The lowest BCUT2D eigenvalue weighted by Crippen LogP contribution is -2.50. The van der Waals surface area contributed by atoms with E-state index in [1.807, 2.05) is 36.9 Å². The number of rotatable bonds is 5. The van der Waals surface area contributed by atoms with Gasteiger partial charge >= 0.3 is 0 Å². The van der Waals surface area contributed by atoms with E-state index in [4.69, 9.17) is 4.74 Å². The van der Waals surface area contributed by atoms with Crippen molar-refractivity contribution in [1.29, 1.82) is 0 Å². The number of aromatic nitrogens is 2. The summed E-state index contributed by atoms with van der Waals surface area (Å²) in [4.78, 5) is 25.5. The first-order valence-electron chi connectivity index (χ1n) is 9.92. The molecule has 2 aromatic rings. The maximum absolute atomic E-state index is 12.5. The van der Waals surface area contributed by atoms with E-state index in [0.29, 0.717) is 19.0 Å². The van der Waals surface area contributed by atoms with E-state index in [1.165, 1.54) is 11.1 Å². The number of amides is 1. The summed E-state index contributed by atoms with van der Waals surface area (Å²) in [6.45, 7) is 13.3. The van der Waals surface area contributed by atoms with Crippen LogP contribution in [-0.2, 0) is 4.79 Å². The van der Waals surface area contributed by atoms with E-state index in [9.17, 15) is 4.79 Å². The van der Waals surface area contributed by atoms with E-state index in [1.54, 1.807) is 0 Å². The van der Waals surface area contributed by atoms with Gasteiger partial charge in [-0.1, -0.05) is 19.9 Å². The van der Waals surface area contributed by atoms with Gasteiger partial charge in [0.05, 0.1) is 0 Å². The molecule has 0 aliphatic carbocycles. The van der Waals surface area contributed by atoms with Crippen LogP contribution in [0.25, 0.3) is 0 Å². The number of carbonyl (C=O) groups excluding carboxylic acids is 1. The third kappa shape index (κ3) is 4.80. The molecule has 0 bridgehead atoms. The molecule has 2 heterocycles. The molecular formula is C22H30N4O2. The molecule has 1 fully saturated rings. The van der Waals surface area contributed by atoms with Crippen LogP contribution in [0.5, 0.6) is 5.75 Å². The fourth-order valence-electron chi connectivity index (χ4n) is 3.67. The van der Waals surface area contributed by atoms with Crippen LogP contribution in [0.4, 0.5) is 5.82 Å². The summed E-state index contributed by atoms with van der Waals surface area (Å²) in [7, 11) is 0. The van der Waals surface area contributed by atoms with Gasteiger partial charge in [-0.25, -0.2) is 9.97 Å². The molecule has 6 heteroatoms. The van der Waals surface area contributed by atoms with Crippen molar-refractivity contribution in [3.8, 4) is 5.75 Å². The van der Waals surface area contributed by atoms with Crippen LogP contribution in [-0.4, -0.2) is 53.6 Å². The van der Waals surface area contributed by atoms with E-state index in [2.05, 4.69) is 41.7 Å². The summed E-state index contributed by atoms with van der Waals surface area (Å²) in [5, 5.41) is 0. The topological polar surface area (TPSA) is 58.6 Å². The lowest BCUT2D eigenvalue weighted by Gasteiger charge is -2.35. The molecule has 1 aromatic heterocycles. The summed E-state index contributed by atoms with van der Waals surface area (Å²) in [5.74, 6) is 2.98. The maximum atomic E-state index is 12.5. The highest BCUT2D eigenvalue weighted by molar-refractivity contribution is 5.78. The Morgan fingerprint density at radius 1 is 1.07 bits per heavy atom. The first-order chi connectivity index (χ1) is 13.3. The predicted molar refractivity (Wildman–Crippen MR) is 111 cm³/mol. The largest absolute Gasteiger partial charge is 0.484 e. The van der Waals surface area contributed by atoms with Gasteiger partial charge in [0, 0.05) is 37.9 Å². The van der Waals surface area contributed by atoms with Gasteiger partial charge in [0.15, 0.2) is 6.61 Å². The lowest BCUT2D eigenvalue weighted by atomic mass is 9.98. The highest BCUT2D eigenvalue weighted by atomic mass is 16.5. The van der Waals surface area contributed by atoms with Crippen molar-refractivity contribution in [2.45, 2.75) is 40.5 Å². The molecule has 0 atom stereocenters. The van der Waals surface area contributed by atoms with Gasteiger partial charge < -0.3 is 14.5 Å². The Hall–Kier alpha value is -2.63. The molecule has 0 saturated carbocycles. The number of carbonyl (C=O) groups is 1. The van der Waals surface area contributed by atoms with Crippen molar-refractivity contribution < 1.29 is 9.53 Å². The average molecular weight is 383 g/mol. The minimum atomic E-state index is 0.0280. The Balaban J connectivity index is 1.52. The van der Waals surface area contributed by atoms with Gasteiger partial charge in [0.1, 0.15) is 17.4 Å². The number of benzene rings is 1. The van der Waals surface area contributed by atoms with Crippen molar-refractivity contribution in [2.75, 3.05) is 37.7 Å². The van der Waals surface area contributed by atoms with Gasteiger partial charge in [-0.05, 0) is 49.9 Å². The number of ether oxygens (including phenoxy) is 1. The fraction of sp³-hybridized carbons (Fsp3) is 0.500. The first-order valence-corrected chi connectivity index (χ1v) is 9.92. The molecule has 28 heavy (non-hydrogen) atoms. The van der Waals surface area contributed by atoms with E-state index >= 15 is 0 Å². The molecule has 1 amide bonds. The third-order valence-corrected chi connectivity index (χ3v) is 5.13. The van der Waals surface area contributed by atoms with Gasteiger partial charge in [-0.2, -0.15) is 0 Å². The number of aryl methyl sites for hydroxylation is 3. The highest BCUT2D eigenvalue weighted by Gasteiger charge is 2.22. The summed E-state index contributed by atoms with van der Waals surface area (Å²) >= 11 is 0. The van der Waals surface area contributed by atoms with Gasteiger partial charge in [-0.15, -0.1) is 0 Å². The Kier molecular flexibility index (Phi) is 6.17. The van der Waals surface area contributed by atoms with Crippen molar-refractivity contribution in [3.63, 3.8) is 0 Å². The summed E-state index contributed by atoms with van der Waals surface area (Å²) in [5.41, 5.74) is 3.47. The highest BCUT2D eigenvalue weighted by Crippen LogP contribution is 2.23. The van der Waals surface area contributed by atoms with Crippen molar-refractivity contribution >= 4 is 11.7 Å². The minimum Gasteiger partial charge on any atom is -0.484 e. The molecule has 0 radical (unpaired) electrons. The number of hydrogen-bond donors (Lipinski definition) is 0. The van der Waals surface area contributed by atoms with Crippen molar-refractivity contribution in [2.24, 2.45) is 0 Å². The van der Waals surface area contributed by atoms with Gasteiger partial charge in [0.2, 0.25) is 0 Å². The zero-order valence-electron chi connectivity index (χ0n) is 17.5. The summed E-state index contributed by atoms with van der Waals surface area (Å²) < 4.78 is 5.75. The first kappa shape index (κ1) is 20.1. The van der Waals surface area contributed by atoms with Crippen LogP contribution in [0.15, 0.2) is 24.3 Å². The SMILES string of the molecule is Cc1cc(N2CCN(C(=O)COc3ccc(C(C)C)c(C)c3)CC2)nc(C)n1. The molecule has 0 unspecified atom stereocenters. The Bertz CT molecular complexity index is 822. The van der Waals surface area contributed by atoms with Crippen molar-refractivity contribution in [1.82, 2.24) is 14.9 Å². The molecule has 0 spiro atoms. The zero-order chi connectivity index (χ0) is 20.3. The molecule has 3 rings (SSSR count). The molecule has 1 saturated heterocycles. The van der Waals surface area contributed by atoms with Crippen LogP contribution in [0.3, 0.4) is 0 Å². The minimum absolute atomic E-state index is 0.0280. The number of nitrogens with zero attached hydrogens (tertiary/aromatic N) is 4. The standard InChI is InChI=1S/C22H30N4O2/c1-15(2)20-7-6-19(12-16(20)3)28-14-22(27)26-10-8-25(9-11-26)21-13-17(4)23-18(5)24-21/h6-7,12-13,15H,8-11,14H2,1-5H3. The molecule has 1 aliphatic heterocycles. The fourth-order valence-corrected chi connectivity index (χ4v) is 3.67. The molecular weight excluding hydrogens is 352 g/mol. The number of hydrogen-bond acceptors (Lipinski definition) is 5. The molecule has 150 valence electrons. The van der Waals surface area contributed by atoms with Crippen LogP contribution in [0.2, 0.25) is 0 Å². The number of piperazine rings is 1. The Labute approximate surface area is 167 Å². The predicted octanol–water partition coefficient (Wildman–Crippen LogP) is 3.25. The van der Waals surface area contributed by atoms with Crippen LogP contribution in [0, 0.1) is 20.8 Å². The monoisotopic (exact) mass is 382 g/mol. The molecule has 1 aliphatic rings. The Morgan fingerprint density at radius 3 is 2.39 bits per heavy atom. The van der Waals surface area contributed by atoms with E-state index in [0.717, 1.165) is 36.2 Å². The lowest BCUT2D eigenvalue weighted by molar-refractivity contribution is -0.133. The van der Waals surface area contributed by atoms with Gasteiger partial charge in [-0.3, -0.25) is 4.79 Å². The zero-order valence-corrected chi connectivity index (χ0v) is 17.5. The van der Waals surface area contributed by atoms with Crippen LogP contribution < -0.4 is 9.64 Å². The second-order valence-corrected chi connectivity index (χ2v) is 7.74. The second-order valence-electron chi connectivity index (χ2n) is 7.74. The quantitative estimate of drug-likeness (QED) is 0.794. The van der Waals surface area contributed by atoms with Crippen LogP contribution in [0.1, 0.15) is 42.4 Å². The van der Waals surface area contributed by atoms with Crippen LogP contribution >= 0.6 is 0 Å². The smallest absolute Gasteiger partial charge is 0.260 e. The van der Waals surface area contributed by atoms with E-state index < -0.39 is 0 Å². The summed E-state index contributed by atoms with van der Waals surface area (Å²) in [6.07, 6.45) is 0. The molecule has 1 aromatic carbocycles. The van der Waals surface area contributed by atoms with Gasteiger partial charge in [0.25, 0.3) is 5.91 Å². The van der Waals surface area contributed by atoms with E-state index in [-0.39, 0.29) is 12.5 Å². The third-order valence-electron chi connectivity index (χ3n) is 5.13. The normalized spacial score (nSPS) is 14.5. The average Bonchev–Trinajstić information content (AvgIpc) is 2.65. The van der Waals surface area contributed by atoms with Crippen molar-refractivity contribution in [3.05, 3.63) is 46.9 Å². The second kappa shape index (κ2) is 8.59. The maximum Gasteiger partial charge on any atom is 0.260 e. The summed E-state index contributed by atoms with van der Waals surface area (Å²) in [6, 6.07) is 8.05. The molecule has 0 N–H and O–H groups in total. The molecule has 6 nitrogen and oxygen atoms in total. The Morgan fingerprint density at radius 2 is 1.79 bits per heavy atom.